The van der Waals surface area contributed by atoms with Gasteiger partial charge in [0.25, 0.3) is 0 Å². The summed E-state index contributed by atoms with van der Waals surface area (Å²) in [7, 11) is 0. The van der Waals surface area contributed by atoms with Gasteiger partial charge in [-0.05, 0) is 42.3 Å². The van der Waals surface area contributed by atoms with Crippen LogP contribution in [0.1, 0.15) is 11.1 Å². The molecule has 0 aliphatic carbocycles. The highest BCUT2D eigenvalue weighted by Crippen LogP contribution is 2.32. The SMILES string of the molecule is C=CN(c1cc(/C=C/C=N)ccc1C)c1ccc(F)cc1F. The summed E-state index contributed by atoms with van der Waals surface area (Å²) in [6.07, 6.45) is 6.05. The Bertz CT molecular complexity index is 736. The van der Waals surface area contributed by atoms with Crippen LogP contribution in [0.3, 0.4) is 0 Å². The van der Waals surface area contributed by atoms with Gasteiger partial charge in [-0.2, -0.15) is 0 Å². The highest BCUT2D eigenvalue weighted by Gasteiger charge is 2.14. The van der Waals surface area contributed by atoms with Crippen molar-refractivity contribution in [1.82, 2.24) is 0 Å². The van der Waals surface area contributed by atoms with Gasteiger partial charge in [-0.1, -0.05) is 24.8 Å². The Kier molecular flexibility index (Phi) is 4.84. The first-order valence-electron chi connectivity index (χ1n) is 6.71. The quantitative estimate of drug-likeness (QED) is 0.753. The van der Waals surface area contributed by atoms with E-state index >= 15 is 0 Å². The van der Waals surface area contributed by atoms with Crippen LogP contribution in [0.4, 0.5) is 20.2 Å². The van der Waals surface area contributed by atoms with Crippen molar-refractivity contribution in [2.45, 2.75) is 6.92 Å². The molecule has 1 N–H and O–H groups in total. The molecule has 0 atom stereocenters. The van der Waals surface area contributed by atoms with E-state index in [0.717, 1.165) is 22.9 Å². The van der Waals surface area contributed by atoms with E-state index in [1.165, 1.54) is 24.5 Å². The summed E-state index contributed by atoms with van der Waals surface area (Å²) in [5, 5.41) is 7.03. The van der Waals surface area contributed by atoms with Crippen molar-refractivity contribution < 1.29 is 8.78 Å². The molecule has 2 nitrogen and oxygen atoms in total. The molecule has 0 aliphatic rings. The lowest BCUT2D eigenvalue weighted by molar-refractivity contribution is 0.584. The first kappa shape index (κ1) is 15.6. The lowest BCUT2D eigenvalue weighted by Crippen LogP contribution is -2.11. The average Bonchev–Trinajstić information content (AvgIpc) is 2.50. The average molecular weight is 298 g/mol. The van der Waals surface area contributed by atoms with E-state index < -0.39 is 11.6 Å². The number of allylic oxidation sites excluding steroid dienone is 1. The van der Waals surface area contributed by atoms with E-state index in [0.29, 0.717) is 0 Å². The van der Waals surface area contributed by atoms with Crippen LogP contribution in [0.2, 0.25) is 0 Å². The van der Waals surface area contributed by atoms with Crippen LogP contribution < -0.4 is 4.90 Å². The first-order valence-corrected chi connectivity index (χ1v) is 6.71. The van der Waals surface area contributed by atoms with E-state index in [1.807, 2.05) is 25.1 Å². The number of aryl methyl sites for hydroxylation is 1. The zero-order valence-electron chi connectivity index (χ0n) is 12.2. The number of hydrogen-bond acceptors (Lipinski definition) is 2. The highest BCUT2D eigenvalue weighted by molar-refractivity contribution is 5.78. The summed E-state index contributed by atoms with van der Waals surface area (Å²) in [5.74, 6) is -1.27. The van der Waals surface area contributed by atoms with E-state index in [2.05, 4.69) is 6.58 Å². The maximum absolute atomic E-state index is 14.0. The van der Waals surface area contributed by atoms with Gasteiger partial charge in [-0.15, -0.1) is 0 Å². The van der Waals surface area contributed by atoms with Gasteiger partial charge in [0.1, 0.15) is 11.6 Å². The maximum Gasteiger partial charge on any atom is 0.150 e. The van der Waals surface area contributed by atoms with Gasteiger partial charge in [0.15, 0.2) is 0 Å². The molecule has 0 saturated carbocycles. The fourth-order valence-corrected chi connectivity index (χ4v) is 2.15. The molecular formula is C18H16F2N2. The molecule has 22 heavy (non-hydrogen) atoms. The number of hydrogen-bond donors (Lipinski definition) is 1. The lowest BCUT2D eigenvalue weighted by atomic mass is 10.1. The second kappa shape index (κ2) is 6.80. The van der Waals surface area contributed by atoms with E-state index in [-0.39, 0.29) is 5.69 Å². The van der Waals surface area contributed by atoms with Crippen molar-refractivity contribution in [2.24, 2.45) is 0 Å². The molecule has 112 valence electrons. The van der Waals surface area contributed by atoms with Crippen LogP contribution in [0, 0.1) is 24.0 Å². The van der Waals surface area contributed by atoms with Crippen molar-refractivity contribution in [3.05, 3.63) is 78.0 Å². The van der Waals surface area contributed by atoms with Gasteiger partial charge in [0.05, 0.1) is 5.69 Å². The summed E-state index contributed by atoms with van der Waals surface area (Å²) < 4.78 is 27.1. The number of benzene rings is 2. The van der Waals surface area contributed by atoms with Gasteiger partial charge >= 0.3 is 0 Å². The number of nitrogens with one attached hydrogen (secondary N) is 1. The third-order valence-electron chi connectivity index (χ3n) is 3.23. The van der Waals surface area contributed by atoms with Crippen molar-refractivity contribution in [3.63, 3.8) is 0 Å². The zero-order valence-corrected chi connectivity index (χ0v) is 12.2. The molecule has 0 bridgehead atoms. The van der Waals surface area contributed by atoms with Crippen LogP contribution >= 0.6 is 0 Å². The first-order chi connectivity index (χ1) is 10.6. The largest absolute Gasteiger partial charge is 0.315 e. The molecule has 2 aromatic carbocycles. The topological polar surface area (TPSA) is 27.1 Å². The number of nitrogens with zero attached hydrogens (tertiary/aromatic N) is 1. The minimum absolute atomic E-state index is 0.229. The Morgan fingerprint density at radius 3 is 2.50 bits per heavy atom. The van der Waals surface area contributed by atoms with Crippen LogP contribution in [0.15, 0.2) is 55.3 Å². The van der Waals surface area contributed by atoms with E-state index in [1.54, 1.807) is 17.1 Å². The molecule has 0 aromatic heterocycles. The maximum atomic E-state index is 14.0. The monoisotopic (exact) mass is 298 g/mol. The van der Waals surface area contributed by atoms with Gasteiger partial charge in [-0.25, -0.2) is 8.78 Å². The summed E-state index contributed by atoms with van der Waals surface area (Å²) in [5.41, 5.74) is 2.77. The molecule has 0 saturated heterocycles. The second-order valence-corrected chi connectivity index (χ2v) is 4.72. The van der Waals surface area contributed by atoms with Crippen LogP contribution in [-0.4, -0.2) is 6.21 Å². The fraction of sp³-hybridized carbons (Fsp3) is 0.0556. The van der Waals surface area contributed by atoms with Crippen LogP contribution in [0.25, 0.3) is 6.08 Å². The summed E-state index contributed by atoms with van der Waals surface area (Å²) in [6.45, 7) is 5.62. The van der Waals surface area contributed by atoms with Crippen molar-refractivity contribution in [2.75, 3.05) is 4.90 Å². The summed E-state index contributed by atoms with van der Waals surface area (Å²) in [4.78, 5) is 1.58. The molecule has 0 fully saturated rings. The molecule has 0 radical (unpaired) electrons. The Morgan fingerprint density at radius 1 is 1.09 bits per heavy atom. The van der Waals surface area contributed by atoms with E-state index in [9.17, 15) is 8.78 Å². The molecular weight excluding hydrogens is 282 g/mol. The van der Waals surface area contributed by atoms with Crippen LogP contribution in [0.5, 0.6) is 0 Å². The Balaban J connectivity index is 2.53. The Labute approximate surface area is 128 Å². The van der Waals surface area contributed by atoms with Crippen molar-refractivity contribution in [3.8, 4) is 0 Å². The molecule has 0 heterocycles. The van der Waals surface area contributed by atoms with Crippen LogP contribution in [-0.2, 0) is 0 Å². The molecule has 4 heteroatoms. The molecule has 2 rings (SSSR count). The van der Waals surface area contributed by atoms with E-state index in [4.69, 9.17) is 5.41 Å². The summed E-state index contributed by atoms with van der Waals surface area (Å²) in [6, 6.07) is 9.10. The minimum atomic E-state index is -0.653. The van der Waals surface area contributed by atoms with Gasteiger partial charge in [0.2, 0.25) is 0 Å². The molecule has 0 spiro atoms. The number of halogens is 2. The minimum Gasteiger partial charge on any atom is -0.315 e. The predicted molar refractivity (Wildman–Crippen MR) is 87.7 cm³/mol. The molecule has 0 unspecified atom stereocenters. The zero-order chi connectivity index (χ0) is 16.1. The Hall–Kier alpha value is -2.75. The molecule has 0 aliphatic heterocycles. The van der Waals surface area contributed by atoms with Gasteiger partial charge < -0.3 is 10.3 Å². The highest BCUT2D eigenvalue weighted by atomic mass is 19.1. The third-order valence-corrected chi connectivity index (χ3v) is 3.23. The predicted octanol–water partition coefficient (Wildman–Crippen LogP) is 5.22. The van der Waals surface area contributed by atoms with Gasteiger partial charge in [-0.3, -0.25) is 0 Å². The van der Waals surface area contributed by atoms with Crippen molar-refractivity contribution in [1.29, 1.82) is 5.41 Å². The van der Waals surface area contributed by atoms with Crippen molar-refractivity contribution >= 4 is 23.7 Å². The fourth-order valence-electron chi connectivity index (χ4n) is 2.15. The summed E-state index contributed by atoms with van der Waals surface area (Å²) >= 11 is 0. The number of rotatable bonds is 5. The second-order valence-electron chi connectivity index (χ2n) is 4.72. The third kappa shape index (κ3) is 3.28. The smallest absolute Gasteiger partial charge is 0.150 e. The normalized spacial score (nSPS) is 10.7. The molecule has 2 aromatic rings. The lowest BCUT2D eigenvalue weighted by Gasteiger charge is -2.23. The number of anilines is 2. The molecule has 0 amide bonds. The van der Waals surface area contributed by atoms with Gasteiger partial charge in [0, 0.05) is 24.2 Å². The Morgan fingerprint density at radius 2 is 1.86 bits per heavy atom. The standard InChI is InChI=1S/C18H16F2N2/c1-3-22(17-9-8-15(19)12-16(17)20)18-11-14(5-4-10-21)7-6-13(18)2/h3-12,21H,1H2,2H3/b5-4+,21-10?.